The third-order valence-electron chi connectivity index (χ3n) is 4.32. The quantitative estimate of drug-likeness (QED) is 0.836. The van der Waals surface area contributed by atoms with Gasteiger partial charge in [0.05, 0.1) is 17.4 Å². The van der Waals surface area contributed by atoms with Crippen LogP contribution < -0.4 is 5.43 Å². The van der Waals surface area contributed by atoms with Crippen LogP contribution in [-0.2, 0) is 6.18 Å². The SMILES string of the molecule is O=C1NN=C(C2=CCN(CC(O)c3cccc(C(F)(F)F)c3)CC2)CS1. The Hall–Kier alpha value is -1.84. The maximum atomic E-state index is 12.8. The molecule has 9 heteroatoms. The minimum Gasteiger partial charge on any atom is -0.387 e. The van der Waals surface area contributed by atoms with Gasteiger partial charge in [-0.2, -0.15) is 18.3 Å². The van der Waals surface area contributed by atoms with Gasteiger partial charge in [0, 0.05) is 25.4 Å². The Morgan fingerprint density at radius 3 is 2.81 bits per heavy atom. The molecule has 0 radical (unpaired) electrons. The highest BCUT2D eigenvalue weighted by Gasteiger charge is 2.31. The number of aliphatic hydroxyl groups excluding tert-OH is 1. The van der Waals surface area contributed by atoms with Gasteiger partial charge < -0.3 is 5.11 Å². The van der Waals surface area contributed by atoms with E-state index in [1.54, 1.807) is 0 Å². The monoisotopic (exact) mass is 385 g/mol. The zero-order valence-corrected chi connectivity index (χ0v) is 14.6. The molecule has 1 aromatic rings. The van der Waals surface area contributed by atoms with Gasteiger partial charge in [-0.3, -0.25) is 9.69 Å². The molecule has 2 N–H and O–H groups in total. The summed E-state index contributed by atoms with van der Waals surface area (Å²) < 4.78 is 38.4. The van der Waals surface area contributed by atoms with Crippen molar-refractivity contribution in [3.63, 3.8) is 0 Å². The number of thioether (sulfide) groups is 1. The average Bonchev–Trinajstić information content (AvgIpc) is 2.62. The first-order valence-corrected chi connectivity index (χ1v) is 9.08. The van der Waals surface area contributed by atoms with Crippen molar-refractivity contribution in [2.45, 2.75) is 18.7 Å². The van der Waals surface area contributed by atoms with Gasteiger partial charge in [-0.05, 0) is 29.7 Å². The molecule has 1 aromatic carbocycles. The zero-order valence-electron chi connectivity index (χ0n) is 13.8. The lowest BCUT2D eigenvalue weighted by atomic mass is 10.0. The molecule has 1 atom stereocenters. The summed E-state index contributed by atoms with van der Waals surface area (Å²) in [5.74, 6) is 0.532. The summed E-state index contributed by atoms with van der Waals surface area (Å²) in [6.07, 6.45) is -2.72. The van der Waals surface area contributed by atoms with E-state index in [-0.39, 0.29) is 17.3 Å². The highest BCUT2D eigenvalue weighted by atomic mass is 32.2. The van der Waals surface area contributed by atoms with E-state index in [4.69, 9.17) is 0 Å². The minimum atomic E-state index is -4.42. The van der Waals surface area contributed by atoms with Crippen LogP contribution in [0.4, 0.5) is 18.0 Å². The normalized spacial score (nSPS) is 20.2. The number of benzene rings is 1. The van der Waals surface area contributed by atoms with E-state index in [1.165, 1.54) is 12.1 Å². The summed E-state index contributed by atoms with van der Waals surface area (Å²) in [5.41, 5.74) is 3.83. The molecular formula is C17H18F3N3O2S. The standard InChI is InChI=1S/C17H18F3N3O2S/c18-17(19,20)13-3-1-2-12(8-13)15(24)9-23-6-4-11(5-7-23)14-10-26-16(25)22-21-14/h1-4,8,15,24H,5-7,9-10H2,(H,22,25). The summed E-state index contributed by atoms with van der Waals surface area (Å²) in [4.78, 5) is 13.1. The summed E-state index contributed by atoms with van der Waals surface area (Å²) in [7, 11) is 0. The first-order valence-electron chi connectivity index (χ1n) is 8.09. The highest BCUT2D eigenvalue weighted by molar-refractivity contribution is 8.14. The second-order valence-electron chi connectivity index (χ2n) is 6.12. The number of hydrogen-bond acceptors (Lipinski definition) is 5. The number of hydrazone groups is 1. The van der Waals surface area contributed by atoms with Crippen LogP contribution in [0.1, 0.15) is 23.7 Å². The summed E-state index contributed by atoms with van der Waals surface area (Å²) >= 11 is 1.16. The molecule has 0 saturated carbocycles. The van der Waals surface area contributed by atoms with Gasteiger partial charge in [0.2, 0.25) is 0 Å². The fourth-order valence-corrected chi connectivity index (χ4v) is 3.52. The molecule has 2 aliphatic rings. The van der Waals surface area contributed by atoms with Crippen LogP contribution in [0.25, 0.3) is 0 Å². The van der Waals surface area contributed by atoms with Gasteiger partial charge in [-0.15, -0.1) is 0 Å². The van der Waals surface area contributed by atoms with E-state index >= 15 is 0 Å². The van der Waals surface area contributed by atoms with Gasteiger partial charge in [-0.25, -0.2) is 5.43 Å². The van der Waals surface area contributed by atoms with Gasteiger partial charge in [0.15, 0.2) is 0 Å². The van der Waals surface area contributed by atoms with Crippen molar-refractivity contribution in [3.8, 4) is 0 Å². The van der Waals surface area contributed by atoms with Crippen molar-refractivity contribution in [2.75, 3.05) is 25.4 Å². The van der Waals surface area contributed by atoms with Crippen LogP contribution in [0.15, 0.2) is 41.0 Å². The number of nitrogens with one attached hydrogen (secondary N) is 1. The number of amides is 1. The molecule has 2 aliphatic heterocycles. The Kier molecular flexibility index (Phi) is 5.69. The van der Waals surface area contributed by atoms with Crippen molar-refractivity contribution in [1.82, 2.24) is 10.3 Å². The van der Waals surface area contributed by atoms with Crippen LogP contribution in [0.2, 0.25) is 0 Å². The summed E-state index contributed by atoms with van der Waals surface area (Å²) in [6.45, 7) is 1.49. The van der Waals surface area contributed by atoms with Crippen molar-refractivity contribution in [2.24, 2.45) is 5.10 Å². The molecule has 0 aromatic heterocycles. The Balaban J connectivity index is 1.60. The Morgan fingerprint density at radius 2 is 2.19 bits per heavy atom. The molecule has 5 nitrogen and oxygen atoms in total. The number of rotatable bonds is 4. The third-order valence-corrected chi connectivity index (χ3v) is 5.09. The van der Waals surface area contributed by atoms with Gasteiger partial charge in [0.25, 0.3) is 5.24 Å². The largest absolute Gasteiger partial charge is 0.416 e. The maximum absolute atomic E-state index is 12.8. The number of halogens is 3. The predicted octanol–water partition coefficient (Wildman–Crippen LogP) is 3.18. The fourth-order valence-electron chi connectivity index (χ4n) is 2.89. The molecule has 3 rings (SSSR count). The van der Waals surface area contributed by atoms with Crippen LogP contribution in [-0.4, -0.2) is 46.3 Å². The van der Waals surface area contributed by atoms with E-state index in [0.29, 0.717) is 25.3 Å². The van der Waals surface area contributed by atoms with E-state index in [9.17, 15) is 23.1 Å². The summed E-state index contributed by atoms with van der Waals surface area (Å²) in [5, 5.41) is 14.2. The molecule has 26 heavy (non-hydrogen) atoms. The van der Waals surface area contributed by atoms with Crippen molar-refractivity contribution >= 4 is 22.7 Å². The van der Waals surface area contributed by atoms with Crippen molar-refractivity contribution in [3.05, 3.63) is 47.0 Å². The van der Waals surface area contributed by atoms with Crippen LogP contribution in [0.3, 0.4) is 0 Å². The lowest BCUT2D eigenvalue weighted by Gasteiger charge is -2.29. The van der Waals surface area contributed by atoms with E-state index in [1.807, 2.05) is 11.0 Å². The molecular weight excluding hydrogens is 367 g/mol. The first kappa shape index (κ1) is 18.9. The molecule has 0 fully saturated rings. The number of aliphatic hydroxyl groups is 1. The maximum Gasteiger partial charge on any atom is 0.416 e. The molecule has 1 unspecified atom stereocenters. The van der Waals surface area contributed by atoms with Gasteiger partial charge in [-0.1, -0.05) is 30.0 Å². The van der Waals surface area contributed by atoms with Gasteiger partial charge >= 0.3 is 6.18 Å². The van der Waals surface area contributed by atoms with Crippen molar-refractivity contribution < 1.29 is 23.1 Å². The fraction of sp³-hybridized carbons (Fsp3) is 0.412. The average molecular weight is 385 g/mol. The lowest BCUT2D eigenvalue weighted by Crippen LogP contribution is -2.35. The van der Waals surface area contributed by atoms with Gasteiger partial charge in [0.1, 0.15) is 0 Å². The first-order chi connectivity index (χ1) is 12.3. The molecule has 0 saturated heterocycles. The molecule has 0 spiro atoms. The Morgan fingerprint density at radius 1 is 1.38 bits per heavy atom. The van der Waals surface area contributed by atoms with E-state index in [0.717, 1.165) is 35.2 Å². The second kappa shape index (κ2) is 7.81. The van der Waals surface area contributed by atoms with Crippen LogP contribution in [0, 0.1) is 0 Å². The Labute approximate surface area is 152 Å². The molecule has 0 bridgehead atoms. The number of carbonyl (C=O) groups is 1. The number of nitrogens with zero attached hydrogens (tertiary/aromatic N) is 2. The Bertz CT molecular complexity index is 749. The molecule has 140 valence electrons. The van der Waals surface area contributed by atoms with E-state index < -0.39 is 17.8 Å². The number of β-amino-alcohol motifs (C(OH)–C–C–N with tert-alkyl or cyclic N) is 1. The van der Waals surface area contributed by atoms with E-state index in [2.05, 4.69) is 10.5 Å². The number of hydrogen-bond donors (Lipinski definition) is 2. The van der Waals surface area contributed by atoms with Crippen LogP contribution in [0.5, 0.6) is 0 Å². The lowest BCUT2D eigenvalue weighted by molar-refractivity contribution is -0.137. The number of alkyl halides is 3. The smallest absolute Gasteiger partial charge is 0.387 e. The van der Waals surface area contributed by atoms with Crippen LogP contribution >= 0.6 is 11.8 Å². The highest BCUT2D eigenvalue weighted by Crippen LogP contribution is 2.31. The second-order valence-corrected chi connectivity index (χ2v) is 7.07. The molecule has 1 amide bonds. The number of carbonyl (C=O) groups excluding carboxylic acids is 1. The topological polar surface area (TPSA) is 64.9 Å². The molecule has 0 aliphatic carbocycles. The minimum absolute atomic E-state index is 0.170. The summed E-state index contributed by atoms with van der Waals surface area (Å²) in [6, 6.07) is 4.80. The predicted molar refractivity (Wildman–Crippen MR) is 94.0 cm³/mol. The van der Waals surface area contributed by atoms with Crippen molar-refractivity contribution in [1.29, 1.82) is 0 Å². The molecule has 2 heterocycles. The zero-order chi connectivity index (χ0) is 18.7. The third kappa shape index (κ3) is 4.66.